The molecule has 2 aromatic carbocycles. The second kappa shape index (κ2) is 16.0. The molecule has 1 fully saturated rings. The fourth-order valence-corrected chi connectivity index (χ4v) is 4.16. The molecule has 4 rings (SSSR count). The molecule has 2 heterocycles. The van der Waals surface area contributed by atoms with Crippen molar-refractivity contribution in [3.05, 3.63) is 59.2 Å². The minimum atomic E-state index is -5.08. The van der Waals surface area contributed by atoms with E-state index in [1.807, 2.05) is 30.3 Å². The molecule has 16 heteroatoms. The molecule has 0 spiro atoms. The van der Waals surface area contributed by atoms with Gasteiger partial charge in [0.1, 0.15) is 5.75 Å². The number of aryl methyl sites for hydroxylation is 1. The molecule has 1 amide bonds. The highest BCUT2D eigenvalue weighted by molar-refractivity contribution is 6.06. The molecule has 2 aromatic rings. The fraction of sp³-hybridized carbons (Fsp3) is 0.393. The van der Waals surface area contributed by atoms with Crippen molar-refractivity contribution < 1.29 is 55.7 Å². The third kappa shape index (κ3) is 11.1. The standard InChI is InChI=1S/C24H30N4O2.2C2HF3O2/c1-17-15-20(4-6-22(17)28-13-11-26-12-14-28)27-24(29)21-5-3-19(16-23(21)30-2)18-7-9-25-10-8-18;2*3-2(4,5)1(6)7/h3-7,15-16,25-26H,8-14H2,1-2H3,(H,27,29);2*(H,6,7). The summed E-state index contributed by atoms with van der Waals surface area (Å²) in [6, 6.07) is 11.9. The van der Waals surface area contributed by atoms with Crippen LogP contribution >= 0.6 is 0 Å². The van der Waals surface area contributed by atoms with Crippen LogP contribution in [0.1, 0.15) is 27.9 Å². The summed E-state index contributed by atoms with van der Waals surface area (Å²) in [5.41, 5.74) is 6.13. The Hall–Kier alpha value is -4.31. The minimum absolute atomic E-state index is 0.160. The second-order valence-electron chi connectivity index (χ2n) is 9.40. The van der Waals surface area contributed by atoms with E-state index in [-0.39, 0.29) is 5.91 Å². The van der Waals surface area contributed by atoms with Crippen LogP contribution < -0.4 is 25.6 Å². The van der Waals surface area contributed by atoms with Crippen molar-refractivity contribution in [1.29, 1.82) is 0 Å². The van der Waals surface area contributed by atoms with Crippen molar-refractivity contribution in [2.24, 2.45) is 0 Å². The highest BCUT2D eigenvalue weighted by Gasteiger charge is 2.38. The van der Waals surface area contributed by atoms with E-state index in [4.69, 9.17) is 24.5 Å². The number of rotatable bonds is 5. The smallest absolute Gasteiger partial charge is 0.490 e. The zero-order chi connectivity index (χ0) is 33.1. The second-order valence-corrected chi connectivity index (χ2v) is 9.40. The van der Waals surface area contributed by atoms with Crippen LogP contribution in [0.4, 0.5) is 37.7 Å². The molecule has 1 saturated heterocycles. The molecule has 2 aliphatic heterocycles. The van der Waals surface area contributed by atoms with Gasteiger partial charge in [0.15, 0.2) is 0 Å². The molecular weight excluding hydrogens is 602 g/mol. The molecule has 0 aliphatic carbocycles. The van der Waals surface area contributed by atoms with E-state index in [9.17, 15) is 31.1 Å². The van der Waals surface area contributed by atoms with E-state index in [1.165, 1.54) is 11.3 Å². The molecule has 0 bridgehead atoms. The lowest BCUT2D eigenvalue weighted by molar-refractivity contribution is -0.193. The Labute approximate surface area is 248 Å². The van der Waals surface area contributed by atoms with Crippen LogP contribution in [0.3, 0.4) is 0 Å². The highest BCUT2D eigenvalue weighted by Crippen LogP contribution is 2.29. The quantitative estimate of drug-likeness (QED) is 0.305. The number of carbonyl (C=O) groups excluding carboxylic acids is 1. The molecule has 0 radical (unpaired) electrons. The number of halogens is 6. The van der Waals surface area contributed by atoms with Gasteiger partial charge in [-0.05, 0) is 66.9 Å². The maximum atomic E-state index is 12.9. The number of carboxylic acids is 2. The number of hydrogen-bond donors (Lipinski definition) is 5. The molecule has 10 nitrogen and oxygen atoms in total. The topological polar surface area (TPSA) is 140 Å². The van der Waals surface area contributed by atoms with Gasteiger partial charge in [-0.25, -0.2) is 9.59 Å². The monoisotopic (exact) mass is 634 g/mol. The molecule has 0 aromatic heterocycles. The van der Waals surface area contributed by atoms with E-state index >= 15 is 0 Å². The summed E-state index contributed by atoms with van der Waals surface area (Å²) in [4.78, 5) is 33.1. The summed E-state index contributed by atoms with van der Waals surface area (Å²) < 4.78 is 69.0. The van der Waals surface area contributed by atoms with Crippen LogP contribution in [0.25, 0.3) is 5.57 Å². The van der Waals surface area contributed by atoms with E-state index in [0.717, 1.165) is 62.5 Å². The lowest BCUT2D eigenvalue weighted by Crippen LogP contribution is -2.43. The molecule has 0 unspecified atom stereocenters. The summed E-state index contributed by atoms with van der Waals surface area (Å²) in [5.74, 6) is -5.08. The molecule has 2 aliphatic rings. The van der Waals surface area contributed by atoms with Crippen LogP contribution in [-0.2, 0) is 9.59 Å². The lowest BCUT2D eigenvalue weighted by Gasteiger charge is -2.30. The van der Waals surface area contributed by atoms with Gasteiger partial charge in [0.25, 0.3) is 5.91 Å². The Bertz CT molecular complexity index is 1320. The molecule has 5 N–H and O–H groups in total. The Balaban J connectivity index is 0.000000402. The van der Waals surface area contributed by atoms with E-state index < -0.39 is 24.3 Å². The number of nitrogens with zero attached hydrogens (tertiary/aromatic N) is 1. The van der Waals surface area contributed by atoms with Crippen LogP contribution in [0, 0.1) is 6.92 Å². The van der Waals surface area contributed by atoms with Crippen LogP contribution in [0.2, 0.25) is 0 Å². The van der Waals surface area contributed by atoms with Crippen molar-refractivity contribution in [3.63, 3.8) is 0 Å². The summed E-state index contributed by atoms with van der Waals surface area (Å²) in [6.07, 6.45) is -6.99. The fourth-order valence-electron chi connectivity index (χ4n) is 4.16. The normalized spacial score (nSPS) is 15.0. The van der Waals surface area contributed by atoms with Gasteiger partial charge in [-0.2, -0.15) is 26.3 Å². The molecule has 0 saturated carbocycles. The molecule has 44 heavy (non-hydrogen) atoms. The number of ether oxygens (including phenoxy) is 1. The third-order valence-corrected chi connectivity index (χ3v) is 6.28. The van der Waals surface area contributed by atoms with Crippen molar-refractivity contribution >= 4 is 34.8 Å². The minimum Gasteiger partial charge on any atom is -0.496 e. The number of methoxy groups -OCH3 is 1. The maximum absolute atomic E-state index is 12.9. The average Bonchev–Trinajstić information content (AvgIpc) is 2.97. The first-order valence-corrected chi connectivity index (χ1v) is 13.1. The van der Waals surface area contributed by atoms with Crippen molar-refractivity contribution in [2.75, 3.05) is 56.6 Å². The summed E-state index contributed by atoms with van der Waals surface area (Å²) in [6.45, 7) is 7.95. The number of piperazine rings is 1. The van der Waals surface area contributed by atoms with Gasteiger partial charge in [0, 0.05) is 44.1 Å². The summed E-state index contributed by atoms with van der Waals surface area (Å²) in [5, 5.41) is 24.0. The average molecular weight is 635 g/mol. The first-order valence-electron chi connectivity index (χ1n) is 13.1. The predicted octanol–water partition coefficient (Wildman–Crippen LogP) is 4.31. The summed E-state index contributed by atoms with van der Waals surface area (Å²) in [7, 11) is 1.61. The Morgan fingerprint density at radius 1 is 0.886 bits per heavy atom. The van der Waals surface area contributed by atoms with Gasteiger partial charge >= 0.3 is 24.3 Å². The lowest BCUT2D eigenvalue weighted by atomic mass is 9.98. The Kier molecular flexibility index (Phi) is 13.0. The number of carbonyl (C=O) groups is 3. The van der Waals surface area contributed by atoms with Crippen molar-refractivity contribution in [3.8, 4) is 5.75 Å². The van der Waals surface area contributed by atoms with Gasteiger partial charge in [0.2, 0.25) is 0 Å². The number of amides is 1. The predicted molar refractivity (Wildman–Crippen MR) is 150 cm³/mol. The zero-order valence-electron chi connectivity index (χ0n) is 23.7. The van der Waals surface area contributed by atoms with E-state index in [0.29, 0.717) is 11.3 Å². The number of aliphatic carboxylic acids is 2. The van der Waals surface area contributed by atoms with Crippen molar-refractivity contribution in [2.45, 2.75) is 25.7 Å². The van der Waals surface area contributed by atoms with Gasteiger partial charge < -0.3 is 35.8 Å². The summed E-state index contributed by atoms with van der Waals surface area (Å²) >= 11 is 0. The van der Waals surface area contributed by atoms with Gasteiger partial charge in [-0.1, -0.05) is 12.1 Å². The number of hydrogen-bond acceptors (Lipinski definition) is 7. The first kappa shape index (κ1) is 35.9. The maximum Gasteiger partial charge on any atom is 0.490 e. The van der Waals surface area contributed by atoms with Gasteiger partial charge in [0.05, 0.1) is 12.7 Å². The zero-order valence-corrected chi connectivity index (χ0v) is 23.7. The van der Waals surface area contributed by atoms with Crippen molar-refractivity contribution in [1.82, 2.24) is 10.6 Å². The third-order valence-electron chi connectivity index (χ3n) is 6.28. The van der Waals surface area contributed by atoms with Gasteiger partial charge in [-0.3, -0.25) is 4.79 Å². The van der Waals surface area contributed by atoms with Crippen LogP contribution in [-0.4, -0.2) is 86.8 Å². The largest absolute Gasteiger partial charge is 0.496 e. The molecule has 242 valence electrons. The SMILES string of the molecule is COc1cc(C2=CCNCC2)ccc1C(=O)Nc1ccc(N2CCNCC2)c(C)c1.O=C(O)C(F)(F)F.O=C(O)C(F)(F)F. The van der Waals surface area contributed by atoms with Crippen LogP contribution in [0.5, 0.6) is 5.75 Å². The Morgan fingerprint density at radius 2 is 1.48 bits per heavy atom. The number of nitrogens with one attached hydrogen (secondary N) is 3. The number of anilines is 2. The highest BCUT2D eigenvalue weighted by atomic mass is 19.4. The number of alkyl halides is 6. The van der Waals surface area contributed by atoms with E-state index in [1.54, 1.807) is 7.11 Å². The first-order chi connectivity index (χ1) is 20.5. The van der Waals surface area contributed by atoms with Gasteiger partial charge in [-0.15, -0.1) is 0 Å². The van der Waals surface area contributed by atoms with E-state index in [2.05, 4.69) is 39.9 Å². The Morgan fingerprint density at radius 3 is 1.95 bits per heavy atom. The number of benzene rings is 2. The molecule has 0 atom stereocenters. The van der Waals surface area contributed by atoms with Crippen LogP contribution in [0.15, 0.2) is 42.5 Å². The molecular formula is C28H32F6N4O6. The number of carboxylic acid groups (broad SMARTS) is 2.